The summed E-state index contributed by atoms with van der Waals surface area (Å²) in [6.07, 6.45) is -0.676. The number of rotatable bonds is 6. The number of nitrogens with zero attached hydrogens (tertiary/aromatic N) is 1. The minimum Gasteiger partial charge on any atom is -0.492 e. The van der Waals surface area contributed by atoms with Gasteiger partial charge >= 0.3 is 6.09 Å². The van der Waals surface area contributed by atoms with E-state index in [0.717, 1.165) is 10.0 Å². The van der Waals surface area contributed by atoms with Gasteiger partial charge in [0.25, 0.3) is 5.92 Å². The zero-order chi connectivity index (χ0) is 20.1. The lowest BCUT2D eigenvalue weighted by atomic mass is 10.1. The number of halogens is 3. The van der Waals surface area contributed by atoms with Crippen molar-refractivity contribution < 1.29 is 23.0 Å². The molecule has 5 nitrogen and oxygen atoms in total. The molecular weight excluding hydrogens is 422 g/mol. The molecule has 0 aromatic heterocycles. The second kappa shape index (κ2) is 9.19. The number of amides is 1. The highest BCUT2D eigenvalue weighted by Gasteiger charge is 2.33. The van der Waals surface area contributed by atoms with Crippen LogP contribution in [0.2, 0.25) is 0 Å². The highest BCUT2D eigenvalue weighted by Crippen LogP contribution is 2.29. The van der Waals surface area contributed by atoms with Crippen LogP contribution in [-0.4, -0.2) is 48.8 Å². The molecular formula is C19H27BrF2N2O3. The summed E-state index contributed by atoms with van der Waals surface area (Å²) >= 11 is 3.45. The summed E-state index contributed by atoms with van der Waals surface area (Å²) in [4.78, 5) is 13.6. The summed E-state index contributed by atoms with van der Waals surface area (Å²) in [5, 5.41) is 2.63. The Hall–Kier alpha value is -1.41. The molecule has 0 unspecified atom stereocenters. The van der Waals surface area contributed by atoms with Crippen LogP contribution < -0.4 is 10.1 Å². The lowest BCUT2D eigenvalue weighted by Crippen LogP contribution is -2.38. The second-order valence-electron chi connectivity index (χ2n) is 7.70. The third-order valence-electron chi connectivity index (χ3n) is 3.96. The number of hydrogen-bond acceptors (Lipinski definition) is 4. The Kier molecular flexibility index (Phi) is 7.45. The van der Waals surface area contributed by atoms with Crippen molar-refractivity contribution >= 4 is 22.0 Å². The minimum absolute atomic E-state index is 0.0965. The number of nitrogens with one attached hydrogen (secondary N) is 1. The fourth-order valence-corrected chi connectivity index (χ4v) is 3.25. The van der Waals surface area contributed by atoms with Crippen LogP contribution in [0.4, 0.5) is 13.6 Å². The largest absolute Gasteiger partial charge is 0.492 e. The molecule has 1 aliphatic heterocycles. The highest BCUT2D eigenvalue weighted by molar-refractivity contribution is 9.10. The van der Waals surface area contributed by atoms with Crippen molar-refractivity contribution in [3.63, 3.8) is 0 Å². The van der Waals surface area contributed by atoms with Crippen LogP contribution in [0.5, 0.6) is 5.75 Å². The maximum absolute atomic E-state index is 13.3. The van der Waals surface area contributed by atoms with Crippen molar-refractivity contribution in [2.24, 2.45) is 0 Å². The third kappa shape index (κ3) is 8.43. The summed E-state index contributed by atoms with van der Waals surface area (Å²) in [6, 6.07) is 5.69. The number of likely N-dealkylation sites (tertiary alicyclic amines) is 1. The Morgan fingerprint density at radius 3 is 2.56 bits per heavy atom. The molecule has 0 aliphatic carbocycles. The Morgan fingerprint density at radius 1 is 1.26 bits per heavy atom. The van der Waals surface area contributed by atoms with Gasteiger partial charge in [-0.1, -0.05) is 15.9 Å². The first-order valence-corrected chi connectivity index (χ1v) is 9.81. The Labute approximate surface area is 167 Å². The van der Waals surface area contributed by atoms with Crippen LogP contribution in [0.25, 0.3) is 0 Å². The van der Waals surface area contributed by atoms with Crippen molar-refractivity contribution in [3.05, 3.63) is 28.2 Å². The summed E-state index contributed by atoms with van der Waals surface area (Å²) in [7, 11) is 0. The number of carbonyl (C=O) groups excluding carboxylic acids is 1. The molecule has 1 amide bonds. The summed E-state index contributed by atoms with van der Waals surface area (Å²) in [6.45, 7) is 7.39. The standard InChI is InChI=1S/C19H27BrF2N2O3/c1-18(2,3)27-17(25)23-6-9-26-16-11-14(10-15(20)12-16)13-24-7-4-19(21,22)5-8-24/h10-12H,4-9,13H2,1-3H3,(H,23,25). The van der Waals surface area contributed by atoms with Gasteiger partial charge in [-0.2, -0.15) is 0 Å². The van der Waals surface area contributed by atoms with E-state index in [9.17, 15) is 13.6 Å². The minimum atomic E-state index is -2.54. The fraction of sp³-hybridized carbons (Fsp3) is 0.632. The van der Waals surface area contributed by atoms with Crippen molar-refractivity contribution in [3.8, 4) is 5.75 Å². The van der Waals surface area contributed by atoms with E-state index in [0.29, 0.717) is 38.5 Å². The average molecular weight is 449 g/mol. The molecule has 8 heteroatoms. The van der Waals surface area contributed by atoms with E-state index in [1.165, 1.54) is 0 Å². The number of piperidine rings is 1. The number of hydrogen-bond donors (Lipinski definition) is 1. The van der Waals surface area contributed by atoms with E-state index in [4.69, 9.17) is 9.47 Å². The molecule has 1 aromatic carbocycles. The first-order chi connectivity index (χ1) is 12.5. The molecule has 0 spiro atoms. The molecule has 27 heavy (non-hydrogen) atoms. The van der Waals surface area contributed by atoms with Crippen LogP contribution in [0.3, 0.4) is 0 Å². The normalized spacial score (nSPS) is 17.4. The highest BCUT2D eigenvalue weighted by atomic mass is 79.9. The first kappa shape index (κ1) is 21.9. The molecule has 1 heterocycles. The van der Waals surface area contributed by atoms with Crippen molar-refractivity contribution in [1.29, 1.82) is 0 Å². The van der Waals surface area contributed by atoms with Crippen LogP contribution in [0.1, 0.15) is 39.2 Å². The maximum atomic E-state index is 13.3. The van der Waals surface area contributed by atoms with Crippen LogP contribution in [0.15, 0.2) is 22.7 Å². The molecule has 1 aliphatic rings. The van der Waals surface area contributed by atoms with Gasteiger partial charge in [-0.05, 0) is 44.5 Å². The SMILES string of the molecule is CC(C)(C)OC(=O)NCCOc1cc(Br)cc(CN2CCC(F)(F)CC2)c1. The van der Waals surface area contributed by atoms with Crippen molar-refractivity contribution in [1.82, 2.24) is 10.2 Å². The van der Waals surface area contributed by atoms with Gasteiger partial charge in [0.2, 0.25) is 0 Å². The van der Waals surface area contributed by atoms with E-state index in [2.05, 4.69) is 21.2 Å². The zero-order valence-electron chi connectivity index (χ0n) is 16.0. The number of carbonyl (C=O) groups is 1. The first-order valence-electron chi connectivity index (χ1n) is 9.02. The van der Waals surface area contributed by atoms with E-state index < -0.39 is 17.6 Å². The van der Waals surface area contributed by atoms with Crippen LogP contribution in [-0.2, 0) is 11.3 Å². The number of alkyl carbamates (subject to hydrolysis) is 1. The van der Waals surface area contributed by atoms with Gasteiger partial charge in [0, 0.05) is 36.9 Å². The smallest absolute Gasteiger partial charge is 0.407 e. The van der Waals surface area contributed by atoms with Crippen molar-refractivity contribution in [2.45, 2.75) is 51.7 Å². The molecule has 2 rings (SSSR count). The van der Waals surface area contributed by atoms with Gasteiger partial charge in [0.1, 0.15) is 18.0 Å². The summed E-state index contributed by atoms with van der Waals surface area (Å²) in [5.74, 6) is -1.88. The molecule has 1 fully saturated rings. The zero-order valence-corrected chi connectivity index (χ0v) is 17.6. The van der Waals surface area contributed by atoms with Crippen LogP contribution >= 0.6 is 15.9 Å². The number of benzene rings is 1. The molecule has 0 atom stereocenters. The lowest BCUT2D eigenvalue weighted by molar-refractivity contribution is -0.0566. The van der Waals surface area contributed by atoms with Gasteiger partial charge in [0.15, 0.2) is 0 Å². The Bertz CT molecular complexity index is 640. The van der Waals surface area contributed by atoms with E-state index >= 15 is 0 Å². The van der Waals surface area contributed by atoms with Crippen molar-refractivity contribution in [2.75, 3.05) is 26.2 Å². The lowest BCUT2D eigenvalue weighted by Gasteiger charge is -2.31. The summed E-state index contributed by atoms with van der Waals surface area (Å²) in [5.41, 5.74) is 0.451. The van der Waals surface area contributed by atoms with E-state index in [1.807, 2.05) is 23.1 Å². The monoisotopic (exact) mass is 448 g/mol. The topological polar surface area (TPSA) is 50.8 Å². The Balaban J connectivity index is 1.80. The second-order valence-corrected chi connectivity index (χ2v) is 8.62. The molecule has 0 saturated carbocycles. The summed E-state index contributed by atoms with van der Waals surface area (Å²) < 4.78 is 38.3. The molecule has 1 aromatic rings. The quantitative estimate of drug-likeness (QED) is 0.646. The van der Waals surface area contributed by atoms with Gasteiger partial charge < -0.3 is 14.8 Å². The predicted octanol–water partition coefficient (Wildman–Crippen LogP) is 4.58. The molecule has 0 bridgehead atoms. The van der Waals surface area contributed by atoms with Crippen LogP contribution in [0, 0.1) is 0 Å². The molecule has 0 radical (unpaired) electrons. The fourth-order valence-electron chi connectivity index (χ4n) is 2.73. The van der Waals surface area contributed by atoms with Gasteiger partial charge in [-0.3, -0.25) is 4.90 Å². The molecule has 1 N–H and O–H groups in total. The van der Waals surface area contributed by atoms with Gasteiger partial charge in [0.05, 0.1) is 6.54 Å². The number of alkyl halides is 2. The maximum Gasteiger partial charge on any atom is 0.407 e. The average Bonchev–Trinajstić information content (AvgIpc) is 2.51. The third-order valence-corrected chi connectivity index (χ3v) is 4.42. The molecule has 1 saturated heterocycles. The Morgan fingerprint density at radius 2 is 1.93 bits per heavy atom. The van der Waals surface area contributed by atoms with Gasteiger partial charge in [-0.25, -0.2) is 13.6 Å². The number of ether oxygens (including phenoxy) is 2. The van der Waals surface area contributed by atoms with E-state index in [1.54, 1.807) is 20.8 Å². The molecule has 152 valence electrons. The van der Waals surface area contributed by atoms with Gasteiger partial charge in [-0.15, -0.1) is 0 Å². The predicted molar refractivity (Wildman–Crippen MR) is 103 cm³/mol. The van der Waals surface area contributed by atoms with E-state index in [-0.39, 0.29) is 12.8 Å².